The van der Waals surface area contributed by atoms with Crippen LogP contribution in [0.4, 0.5) is 0 Å². The molecule has 20 heavy (non-hydrogen) atoms. The van der Waals surface area contributed by atoms with Crippen molar-refractivity contribution < 1.29 is 4.79 Å². The minimum Gasteiger partial charge on any atom is -0.294 e. The SMILES string of the molecule is CCc1nn(CC2CC3CCC2C3)c(CC)c1C(C)=O. The monoisotopic (exact) mass is 274 g/mol. The van der Waals surface area contributed by atoms with E-state index in [1.807, 2.05) is 0 Å². The number of nitrogens with zero attached hydrogens (tertiary/aromatic N) is 2. The van der Waals surface area contributed by atoms with E-state index < -0.39 is 0 Å². The van der Waals surface area contributed by atoms with Crippen LogP contribution >= 0.6 is 0 Å². The lowest BCUT2D eigenvalue weighted by Crippen LogP contribution is -2.19. The van der Waals surface area contributed by atoms with Crippen molar-refractivity contribution >= 4 is 5.78 Å². The topological polar surface area (TPSA) is 34.9 Å². The van der Waals surface area contributed by atoms with Crippen LogP contribution in [-0.2, 0) is 19.4 Å². The Morgan fingerprint density at radius 1 is 1.25 bits per heavy atom. The van der Waals surface area contributed by atoms with Crippen LogP contribution in [0.15, 0.2) is 0 Å². The summed E-state index contributed by atoms with van der Waals surface area (Å²) in [5, 5.41) is 4.76. The van der Waals surface area contributed by atoms with Gasteiger partial charge in [-0.3, -0.25) is 9.48 Å². The van der Waals surface area contributed by atoms with Crippen LogP contribution < -0.4 is 0 Å². The molecule has 0 aliphatic heterocycles. The highest BCUT2D eigenvalue weighted by Crippen LogP contribution is 2.48. The van der Waals surface area contributed by atoms with Crippen molar-refractivity contribution in [1.82, 2.24) is 9.78 Å². The molecule has 1 aromatic heterocycles. The molecule has 3 atom stereocenters. The molecule has 1 heterocycles. The summed E-state index contributed by atoms with van der Waals surface area (Å²) in [6.07, 6.45) is 7.44. The molecule has 0 radical (unpaired) electrons. The van der Waals surface area contributed by atoms with Gasteiger partial charge >= 0.3 is 0 Å². The molecule has 0 saturated heterocycles. The van der Waals surface area contributed by atoms with Crippen LogP contribution in [0.1, 0.15) is 68.2 Å². The maximum Gasteiger partial charge on any atom is 0.163 e. The van der Waals surface area contributed by atoms with E-state index in [1.165, 1.54) is 25.7 Å². The van der Waals surface area contributed by atoms with Gasteiger partial charge in [-0.1, -0.05) is 20.3 Å². The minimum absolute atomic E-state index is 0.179. The molecule has 2 aliphatic carbocycles. The maximum absolute atomic E-state index is 11.9. The van der Waals surface area contributed by atoms with Crippen LogP contribution in [0.25, 0.3) is 0 Å². The predicted molar refractivity (Wildman–Crippen MR) is 79.9 cm³/mol. The first-order chi connectivity index (χ1) is 9.63. The molecule has 3 rings (SSSR count). The van der Waals surface area contributed by atoms with Gasteiger partial charge in [0.15, 0.2) is 5.78 Å². The highest BCUT2D eigenvalue weighted by atomic mass is 16.1. The van der Waals surface area contributed by atoms with E-state index in [1.54, 1.807) is 6.92 Å². The van der Waals surface area contributed by atoms with Crippen LogP contribution in [0.2, 0.25) is 0 Å². The van der Waals surface area contributed by atoms with Crippen LogP contribution in [-0.4, -0.2) is 15.6 Å². The van der Waals surface area contributed by atoms with E-state index in [-0.39, 0.29) is 5.78 Å². The second kappa shape index (κ2) is 5.34. The van der Waals surface area contributed by atoms with E-state index in [2.05, 4.69) is 18.5 Å². The average Bonchev–Trinajstić information content (AvgIpc) is 3.11. The van der Waals surface area contributed by atoms with Gasteiger partial charge in [0.05, 0.1) is 11.3 Å². The van der Waals surface area contributed by atoms with Gasteiger partial charge < -0.3 is 0 Å². The maximum atomic E-state index is 11.9. The first-order valence-electron chi connectivity index (χ1n) is 8.23. The predicted octanol–water partition coefficient (Wildman–Crippen LogP) is 3.65. The summed E-state index contributed by atoms with van der Waals surface area (Å²) < 4.78 is 2.17. The molecule has 0 aromatic carbocycles. The molecule has 2 aliphatic rings. The molecule has 0 spiro atoms. The van der Waals surface area contributed by atoms with E-state index in [0.29, 0.717) is 0 Å². The summed E-state index contributed by atoms with van der Waals surface area (Å²) in [7, 11) is 0. The van der Waals surface area contributed by atoms with Gasteiger partial charge in [0.1, 0.15) is 0 Å². The lowest BCUT2D eigenvalue weighted by molar-refractivity contribution is 0.101. The third-order valence-electron chi connectivity index (χ3n) is 5.44. The Labute approximate surface area is 121 Å². The smallest absolute Gasteiger partial charge is 0.163 e. The normalized spacial score (nSPS) is 28.2. The number of carbonyl (C=O) groups is 1. The van der Waals surface area contributed by atoms with Gasteiger partial charge in [0, 0.05) is 12.2 Å². The number of hydrogen-bond acceptors (Lipinski definition) is 2. The molecule has 2 fully saturated rings. The summed E-state index contributed by atoms with van der Waals surface area (Å²) in [5.74, 6) is 2.87. The first kappa shape index (κ1) is 13.8. The molecule has 2 saturated carbocycles. The molecule has 110 valence electrons. The third-order valence-corrected chi connectivity index (χ3v) is 5.44. The average molecular weight is 274 g/mol. The van der Waals surface area contributed by atoms with E-state index >= 15 is 0 Å². The van der Waals surface area contributed by atoms with Gasteiger partial charge in [-0.05, 0) is 56.8 Å². The van der Waals surface area contributed by atoms with Crippen molar-refractivity contribution in [2.24, 2.45) is 17.8 Å². The van der Waals surface area contributed by atoms with Crippen molar-refractivity contribution in [2.75, 3.05) is 0 Å². The first-order valence-corrected chi connectivity index (χ1v) is 8.23. The summed E-state index contributed by atoms with van der Waals surface area (Å²) in [4.78, 5) is 11.9. The lowest BCUT2D eigenvalue weighted by Gasteiger charge is -2.22. The Balaban J connectivity index is 1.87. The fourth-order valence-corrected chi connectivity index (χ4v) is 4.54. The van der Waals surface area contributed by atoms with E-state index in [0.717, 1.165) is 54.1 Å². The summed E-state index contributed by atoms with van der Waals surface area (Å²) in [5.41, 5.74) is 3.06. The minimum atomic E-state index is 0.179. The van der Waals surface area contributed by atoms with Crippen LogP contribution in [0, 0.1) is 17.8 Å². The van der Waals surface area contributed by atoms with Crippen molar-refractivity contribution in [3.63, 3.8) is 0 Å². The van der Waals surface area contributed by atoms with Crippen molar-refractivity contribution in [1.29, 1.82) is 0 Å². The summed E-state index contributed by atoms with van der Waals surface area (Å²) >= 11 is 0. The Kier molecular flexibility index (Phi) is 3.70. The Morgan fingerprint density at radius 3 is 2.55 bits per heavy atom. The number of aromatic nitrogens is 2. The second-order valence-electron chi connectivity index (χ2n) is 6.65. The van der Waals surface area contributed by atoms with Gasteiger partial charge in [-0.25, -0.2) is 0 Å². The number of hydrogen-bond donors (Lipinski definition) is 0. The number of carbonyl (C=O) groups excluding carboxylic acids is 1. The highest BCUT2D eigenvalue weighted by Gasteiger charge is 2.39. The van der Waals surface area contributed by atoms with Gasteiger partial charge in [0.25, 0.3) is 0 Å². The molecule has 3 heteroatoms. The molecule has 1 aromatic rings. The summed E-state index contributed by atoms with van der Waals surface area (Å²) in [6, 6.07) is 0. The zero-order valence-corrected chi connectivity index (χ0v) is 13.0. The lowest BCUT2D eigenvalue weighted by atomic mass is 9.89. The number of ketones is 1. The number of Topliss-reactive ketones (excluding diaryl/α,β-unsaturated/α-hetero) is 1. The van der Waals surface area contributed by atoms with E-state index in [9.17, 15) is 4.79 Å². The van der Waals surface area contributed by atoms with Gasteiger partial charge in [-0.15, -0.1) is 0 Å². The Morgan fingerprint density at radius 2 is 2.05 bits per heavy atom. The Bertz CT molecular complexity index is 517. The Hall–Kier alpha value is -1.12. The molecular weight excluding hydrogens is 248 g/mol. The van der Waals surface area contributed by atoms with Crippen molar-refractivity contribution in [3.8, 4) is 0 Å². The largest absolute Gasteiger partial charge is 0.294 e. The van der Waals surface area contributed by atoms with Crippen molar-refractivity contribution in [3.05, 3.63) is 17.0 Å². The number of aryl methyl sites for hydroxylation is 1. The molecule has 0 amide bonds. The van der Waals surface area contributed by atoms with Crippen molar-refractivity contribution in [2.45, 2.75) is 65.8 Å². The fraction of sp³-hybridized carbons (Fsp3) is 0.765. The third kappa shape index (κ3) is 2.21. The highest BCUT2D eigenvalue weighted by molar-refractivity contribution is 5.96. The standard InChI is InChI=1S/C17H26N2O/c1-4-15-17(11(3)20)16(5-2)19(18-15)10-14-9-12-6-7-13(14)8-12/h12-14H,4-10H2,1-3H3. The number of rotatable bonds is 5. The quantitative estimate of drug-likeness (QED) is 0.768. The summed E-state index contributed by atoms with van der Waals surface area (Å²) in [6.45, 7) is 6.94. The molecule has 3 nitrogen and oxygen atoms in total. The molecule has 2 bridgehead atoms. The van der Waals surface area contributed by atoms with Gasteiger partial charge in [-0.2, -0.15) is 5.10 Å². The molecule has 3 unspecified atom stereocenters. The van der Waals surface area contributed by atoms with Crippen LogP contribution in [0.3, 0.4) is 0 Å². The number of fused-ring (bicyclic) bond motifs is 2. The zero-order chi connectivity index (χ0) is 14.3. The van der Waals surface area contributed by atoms with Gasteiger partial charge in [0.2, 0.25) is 0 Å². The van der Waals surface area contributed by atoms with E-state index in [4.69, 9.17) is 5.10 Å². The fourth-order valence-electron chi connectivity index (χ4n) is 4.54. The van der Waals surface area contributed by atoms with Crippen LogP contribution in [0.5, 0.6) is 0 Å². The molecule has 0 N–H and O–H groups in total. The zero-order valence-electron chi connectivity index (χ0n) is 13.0. The molecular formula is C17H26N2O. The second-order valence-corrected chi connectivity index (χ2v) is 6.65.